The van der Waals surface area contributed by atoms with Crippen LogP contribution in [-0.2, 0) is 14.6 Å². The highest BCUT2D eigenvalue weighted by atomic mass is 35.5. The number of benzene rings is 1. The van der Waals surface area contributed by atoms with E-state index in [1.54, 1.807) is 12.1 Å². The van der Waals surface area contributed by atoms with Gasteiger partial charge in [-0.05, 0) is 12.8 Å². The van der Waals surface area contributed by atoms with Crippen molar-refractivity contribution in [3.05, 3.63) is 12.1 Å². The zero-order valence-corrected chi connectivity index (χ0v) is 18.5. The molecule has 0 amide bonds. The van der Waals surface area contributed by atoms with Crippen molar-refractivity contribution in [2.45, 2.75) is 17.2 Å². The molecule has 1 aromatic carbocycles. The molecule has 0 aliphatic heterocycles. The highest BCUT2D eigenvalue weighted by molar-refractivity contribution is 7.91. The Morgan fingerprint density at radius 1 is 1.11 bits per heavy atom. The van der Waals surface area contributed by atoms with Gasteiger partial charge in [0.25, 0.3) is 10.0 Å². The minimum Gasteiger partial charge on any atom is -0.490 e. The van der Waals surface area contributed by atoms with Gasteiger partial charge < -0.3 is 19.3 Å². The Balaban J connectivity index is 2.33. The molecule has 0 atom stereocenters. The van der Waals surface area contributed by atoms with E-state index in [-0.39, 0.29) is 4.34 Å². The van der Waals surface area contributed by atoms with E-state index in [4.69, 9.17) is 42.5 Å². The average Bonchev–Trinajstić information content (AvgIpc) is 3.04. The maximum absolute atomic E-state index is 12.2. The van der Waals surface area contributed by atoms with Gasteiger partial charge in [-0.1, -0.05) is 0 Å². The first-order valence-corrected chi connectivity index (χ1v) is 13.2. The molecule has 0 unspecified atom stereocenters. The molecule has 2 aromatic rings. The standard InChI is InChI=1S/C14H19Cl2N2O7PS2/c15-3-1-5-24-11-7-10-13(8-12(11)25-6-2-4-16)27-14(18-10)28(22,23)17-9-26(19,20)21/h7-8,17H,1-6,9H2,(H2,19,20,21). The topological polar surface area (TPSA) is 135 Å². The molecular weight excluding hydrogens is 474 g/mol. The van der Waals surface area contributed by atoms with E-state index in [9.17, 15) is 13.0 Å². The van der Waals surface area contributed by atoms with Crippen LogP contribution in [0.15, 0.2) is 16.5 Å². The lowest BCUT2D eigenvalue weighted by Gasteiger charge is -2.12. The number of ether oxygens (including phenoxy) is 2. The van der Waals surface area contributed by atoms with E-state index in [0.717, 1.165) is 11.3 Å². The largest absolute Gasteiger partial charge is 0.490 e. The molecular formula is C14H19Cl2N2O7PS2. The first kappa shape index (κ1) is 23.6. The van der Waals surface area contributed by atoms with Gasteiger partial charge in [0.05, 0.1) is 23.4 Å². The quantitative estimate of drug-likeness (QED) is 0.233. The van der Waals surface area contributed by atoms with Crippen LogP contribution in [0.4, 0.5) is 0 Å². The molecule has 0 bridgehead atoms. The summed E-state index contributed by atoms with van der Waals surface area (Å²) < 4.78 is 48.8. The third kappa shape index (κ3) is 7.00. The fraction of sp³-hybridized carbons (Fsp3) is 0.500. The number of aromatic nitrogens is 1. The fourth-order valence-corrected chi connectivity index (χ4v) is 5.46. The first-order chi connectivity index (χ1) is 13.2. The van der Waals surface area contributed by atoms with E-state index in [1.165, 1.54) is 0 Å². The first-order valence-electron chi connectivity index (χ1n) is 8.02. The number of nitrogens with zero attached hydrogens (tertiary/aromatic N) is 1. The lowest BCUT2D eigenvalue weighted by atomic mass is 10.3. The van der Waals surface area contributed by atoms with Crippen molar-refractivity contribution in [3.63, 3.8) is 0 Å². The second-order valence-electron chi connectivity index (χ2n) is 5.50. The minimum atomic E-state index is -4.54. The van der Waals surface area contributed by atoms with E-state index in [1.807, 2.05) is 4.72 Å². The van der Waals surface area contributed by atoms with Crippen LogP contribution < -0.4 is 14.2 Å². The summed E-state index contributed by atoms with van der Waals surface area (Å²) in [4.78, 5) is 21.8. The van der Waals surface area contributed by atoms with Gasteiger partial charge in [-0.25, -0.2) is 13.4 Å². The molecule has 2 rings (SSSR count). The van der Waals surface area contributed by atoms with Gasteiger partial charge >= 0.3 is 7.60 Å². The van der Waals surface area contributed by atoms with Crippen molar-refractivity contribution in [1.29, 1.82) is 0 Å². The van der Waals surface area contributed by atoms with E-state index < -0.39 is 23.9 Å². The number of sulfonamides is 1. The number of nitrogens with one attached hydrogen (secondary N) is 1. The van der Waals surface area contributed by atoms with E-state index >= 15 is 0 Å². The van der Waals surface area contributed by atoms with Crippen molar-refractivity contribution in [2.75, 3.05) is 31.3 Å². The maximum Gasteiger partial charge on any atom is 0.340 e. The van der Waals surface area contributed by atoms with Gasteiger partial charge in [0.2, 0.25) is 4.34 Å². The second kappa shape index (κ2) is 10.4. The molecule has 0 aliphatic carbocycles. The van der Waals surface area contributed by atoms with Crippen molar-refractivity contribution in [3.8, 4) is 11.5 Å². The van der Waals surface area contributed by atoms with Crippen LogP contribution in [0.25, 0.3) is 10.2 Å². The Morgan fingerprint density at radius 2 is 1.68 bits per heavy atom. The molecule has 0 radical (unpaired) electrons. The molecule has 0 fully saturated rings. The Hall–Kier alpha value is -0.650. The third-order valence-corrected chi connectivity index (χ3v) is 7.31. The number of thiazole rings is 1. The Kier molecular flexibility index (Phi) is 8.78. The van der Waals surface area contributed by atoms with E-state index in [2.05, 4.69) is 4.98 Å². The SMILES string of the molecule is O=P(O)(O)CNS(=O)(=O)c1nc2cc(OCCCCl)c(OCCCCl)cc2s1. The van der Waals surface area contributed by atoms with Crippen LogP contribution >= 0.6 is 42.1 Å². The summed E-state index contributed by atoms with van der Waals surface area (Å²) in [5, 5.41) is 0. The molecule has 0 saturated heterocycles. The lowest BCUT2D eigenvalue weighted by molar-refractivity contribution is 0.270. The second-order valence-corrected chi connectivity index (χ2v) is 10.9. The molecule has 0 aliphatic rings. The van der Waals surface area contributed by atoms with Crippen molar-refractivity contribution >= 4 is 62.4 Å². The monoisotopic (exact) mass is 492 g/mol. The van der Waals surface area contributed by atoms with Gasteiger partial charge in [-0.15, -0.1) is 34.5 Å². The van der Waals surface area contributed by atoms with Crippen LogP contribution in [0.5, 0.6) is 11.5 Å². The van der Waals surface area contributed by atoms with Crippen molar-refractivity contribution in [2.24, 2.45) is 0 Å². The number of fused-ring (bicyclic) bond motifs is 1. The highest BCUT2D eigenvalue weighted by Gasteiger charge is 2.24. The summed E-state index contributed by atoms with van der Waals surface area (Å²) in [6.07, 6.45) is 0.226. The summed E-state index contributed by atoms with van der Waals surface area (Å²) >= 11 is 12.2. The molecule has 0 spiro atoms. The van der Waals surface area contributed by atoms with Crippen molar-refractivity contribution < 1.29 is 32.2 Å². The molecule has 9 nitrogen and oxygen atoms in total. The van der Waals surface area contributed by atoms with Crippen LogP contribution in [0.3, 0.4) is 0 Å². The Labute approximate surface area is 176 Å². The zero-order valence-electron chi connectivity index (χ0n) is 14.5. The van der Waals surface area contributed by atoms with Gasteiger partial charge in [0.15, 0.2) is 11.5 Å². The zero-order chi connectivity index (χ0) is 20.8. The minimum absolute atomic E-state index is 0.319. The fourth-order valence-electron chi connectivity index (χ4n) is 1.96. The van der Waals surface area contributed by atoms with Gasteiger partial charge in [0, 0.05) is 23.9 Å². The predicted octanol–water partition coefficient (Wildman–Crippen LogP) is 2.73. The van der Waals surface area contributed by atoms with E-state index in [0.29, 0.717) is 59.5 Å². The van der Waals surface area contributed by atoms with Crippen LogP contribution in [0.1, 0.15) is 12.8 Å². The van der Waals surface area contributed by atoms with Crippen molar-refractivity contribution in [1.82, 2.24) is 9.71 Å². The Bertz CT molecular complexity index is 902. The molecule has 3 N–H and O–H groups in total. The maximum atomic E-state index is 12.2. The molecule has 28 heavy (non-hydrogen) atoms. The molecule has 14 heteroatoms. The Morgan fingerprint density at radius 3 is 2.21 bits per heavy atom. The number of hydrogen-bond donors (Lipinski definition) is 3. The van der Waals surface area contributed by atoms with Gasteiger partial charge in [-0.3, -0.25) is 4.57 Å². The van der Waals surface area contributed by atoms with Crippen LogP contribution in [0.2, 0.25) is 0 Å². The summed E-state index contributed by atoms with van der Waals surface area (Å²) in [5.41, 5.74) is 0.354. The smallest absolute Gasteiger partial charge is 0.340 e. The van der Waals surface area contributed by atoms with Gasteiger partial charge in [-0.2, -0.15) is 4.72 Å². The third-order valence-electron chi connectivity index (χ3n) is 3.20. The number of hydrogen-bond acceptors (Lipinski definition) is 7. The number of alkyl halides is 2. The van der Waals surface area contributed by atoms with Crippen LogP contribution in [-0.4, -0.2) is 54.4 Å². The summed E-state index contributed by atoms with van der Waals surface area (Å²) in [6.45, 7) is 0.703. The molecule has 1 heterocycles. The summed E-state index contributed by atoms with van der Waals surface area (Å²) in [5.74, 6) is 1.67. The number of halogens is 2. The number of rotatable bonds is 12. The highest BCUT2D eigenvalue weighted by Crippen LogP contribution is 2.37. The average molecular weight is 493 g/mol. The van der Waals surface area contributed by atoms with Gasteiger partial charge in [0.1, 0.15) is 6.29 Å². The normalized spacial score (nSPS) is 12.4. The predicted molar refractivity (Wildman–Crippen MR) is 109 cm³/mol. The summed E-state index contributed by atoms with van der Waals surface area (Å²) in [7, 11) is -8.71. The molecule has 1 aromatic heterocycles. The lowest BCUT2D eigenvalue weighted by Crippen LogP contribution is -2.24. The summed E-state index contributed by atoms with van der Waals surface area (Å²) in [6, 6.07) is 3.16. The molecule has 0 saturated carbocycles. The molecule has 158 valence electrons. The van der Waals surface area contributed by atoms with Crippen LogP contribution in [0, 0.1) is 0 Å².